The first kappa shape index (κ1) is 23.6. The fourth-order valence-corrected chi connectivity index (χ4v) is 4.68. The van der Waals surface area contributed by atoms with E-state index in [0.29, 0.717) is 50.6 Å². The van der Waals surface area contributed by atoms with E-state index in [9.17, 15) is 14.4 Å². The van der Waals surface area contributed by atoms with Gasteiger partial charge in [0.25, 0.3) is 5.91 Å². The van der Waals surface area contributed by atoms with Crippen LogP contribution in [0.4, 0.5) is 10.5 Å². The molecule has 8 heteroatoms. The molecule has 0 aromatic heterocycles. The quantitative estimate of drug-likeness (QED) is 0.753. The molecule has 1 N–H and O–H groups in total. The summed E-state index contributed by atoms with van der Waals surface area (Å²) in [7, 11) is 1.56. The molecule has 2 aliphatic heterocycles. The molecule has 8 nitrogen and oxygen atoms in total. The van der Waals surface area contributed by atoms with Gasteiger partial charge in [-0.2, -0.15) is 0 Å². The van der Waals surface area contributed by atoms with Crippen molar-refractivity contribution in [2.45, 2.75) is 19.3 Å². The lowest BCUT2D eigenvalue weighted by atomic mass is 9.96. The minimum atomic E-state index is -0.216. The van der Waals surface area contributed by atoms with Crippen LogP contribution in [0.5, 0.6) is 5.75 Å². The number of urea groups is 1. The molecule has 0 radical (unpaired) electrons. The molecule has 1 atom stereocenters. The number of piperidine rings is 1. The van der Waals surface area contributed by atoms with Crippen LogP contribution in [0.2, 0.25) is 0 Å². The Morgan fingerprint density at radius 3 is 2.29 bits per heavy atom. The van der Waals surface area contributed by atoms with E-state index >= 15 is 0 Å². The molecule has 0 aliphatic carbocycles. The van der Waals surface area contributed by atoms with Crippen LogP contribution >= 0.6 is 0 Å². The molecule has 0 bridgehead atoms. The van der Waals surface area contributed by atoms with Crippen molar-refractivity contribution in [1.29, 1.82) is 0 Å². The Bertz CT molecular complexity index is 1010. The number of anilines is 1. The fourth-order valence-electron chi connectivity index (χ4n) is 4.68. The van der Waals surface area contributed by atoms with Gasteiger partial charge in [0.1, 0.15) is 5.75 Å². The van der Waals surface area contributed by atoms with Crippen LogP contribution in [0.1, 0.15) is 29.6 Å². The van der Waals surface area contributed by atoms with E-state index in [4.69, 9.17) is 4.74 Å². The first-order chi connectivity index (χ1) is 16.6. The molecular formula is C26H32N4O4. The zero-order valence-corrected chi connectivity index (χ0v) is 19.6. The van der Waals surface area contributed by atoms with Crippen LogP contribution in [0, 0.1) is 5.92 Å². The molecule has 2 aliphatic rings. The fraction of sp³-hybridized carbons (Fsp3) is 0.423. The number of para-hydroxylation sites is 2. The Hall–Kier alpha value is -3.55. The summed E-state index contributed by atoms with van der Waals surface area (Å²) < 4.78 is 5.34. The van der Waals surface area contributed by atoms with E-state index in [2.05, 4.69) is 5.32 Å². The molecule has 2 saturated heterocycles. The van der Waals surface area contributed by atoms with E-state index in [-0.39, 0.29) is 23.8 Å². The lowest BCUT2D eigenvalue weighted by molar-refractivity contribution is -0.136. The number of methoxy groups -OCH3 is 1. The second kappa shape index (κ2) is 11.0. The molecule has 4 rings (SSSR count). The molecule has 2 fully saturated rings. The molecule has 180 valence electrons. The highest BCUT2D eigenvalue weighted by atomic mass is 16.5. The maximum atomic E-state index is 13.3. The van der Waals surface area contributed by atoms with Gasteiger partial charge in [0.2, 0.25) is 5.91 Å². The zero-order valence-electron chi connectivity index (χ0n) is 19.6. The summed E-state index contributed by atoms with van der Waals surface area (Å²) in [6.07, 6.45) is 2.29. The number of nitrogens with one attached hydrogen (secondary N) is 1. The van der Waals surface area contributed by atoms with Crippen molar-refractivity contribution in [3.63, 3.8) is 0 Å². The summed E-state index contributed by atoms with van der Waals surface area (Å²) >= 11 is 0. The van der Waals surface area contributed by atoms with Crippen molar-refractivity contribution in [2.24, 2.45) is 5.92 Å². The third kappa shape index (κ3) is 5.50. The predicted molar refractivity (Wildman–Crippen MR) is 130 cm³/mol. The highest BCUT2D eigenvalue weighted by molar-refractivity contribution is 5.97. The second-order valence-electron chi connectivity index (χ2n) is 8.75. The molecule has 0 saturated carbocycles. The number of benzene rings is 2. The van der Waals surface area contributed by atoms with Crippen molar-refractivity contribution >= 4 is 23.5 Å². The van der Waals surface area contributed by atoms with Gasteiger partial charge in [-0.05, 0) is 43.5 Å². The van der Waals surface area contributed by atoms with Crippen LogP contribution < -0.4 is 10.1 Å². The van der Waals surface area contributed by atoms with Gasteiger partial charge in [-0.25, -0.2) is 4.79 Å². The van der Waals surface area contributed by atoms with Gasteiger partial charge in [0.15, 0.2) is 0 Å². The van der Waals surface area contributed by atoms with Crippen LogP contribution in [0.15, 0.2) is 54.6 Å². The highest BCUT2D eigenvalue weighted by Gasteiger charge is 2.32. The van der Waals surface area contributed by atoms with Crippen molar-refractivity contribution < 1.29 is 19.1 Å². The van der Waals surface area contributed by atoms with E-state index in [1.54, 1.807) is 29.0 Å². The molecule has 2 heterocycles. The first-order valence-electron chi connectivity index (χ1n) is 11.9. The first-order valence-corrected chi connectivity index (χ1v) is 11.9. The normalized spacial score (nSPS) is 18.7. The zero-order chi connectivity index (χ0) is 23.9. The van der Waals surface area contributed by atoms with Crippen molar-refractivity contribution in [3.8, 4) is 5.75 Å². The van der Waals surface area contributed by atoms with E-state index < -0.39 is 0 Å². The molecule has 0 spiro atoms. The second-order valence-corrected chi connectivity index (χ2v) is 8.75. The number of ether oxygens (including phenoxy) is 1. The number of carbonyl (C=O) groups is 3. The van der Waals surface area contributed by atoms with E-state index in [0.717, 1.165) is 24.9 Å². The van der Waals surface area contributed by atoms with Gasteiger partial charge < -0.3 is 24.8 Å². The lowest BCUT2D eigenvalue weighted by Crippen LogP contribution is -2.48. The van der Waals surface area contributed by atoms with E-state index in [1.165, 1.54) is 0 Å². The van der Waals surface area contributed by atoms with Crippen molar-refractivity contribution in [3.05, 3.63) is 60.2 Å². The van der Waals surface area contributed by atoms with Gasteiger partial charge in [-0.15, -0.1) is 0 Å². The standard InChI is InChI=1S/C26H32N4O4/c1-34-23-13-6-5-12-22(23)25(32)29-16-8-15-28(17-18-29)24(31)20-9-7-14-30(19-20)26(33)27-21-10-3-2-4-11-21/h2-6,10-13,20H,7-9,14-19H2,1H3,(H,27,33)/t20-/m0/s1. The summed E-state index contributed by atoms with van der Waals surface area (Å²) in [6.45, 7) is 3.24. The van der Waals surface area contributed by atoms with Gasteiger partial charge in [0.05, 0.1) is 18.6 Å². The molecule has 4 amide bonds. The summed E-state index contributed by atoms with van der Waals surface area (Å²) in [6, 6.07) is 16.4. The number of carbonyl (C=O) groups excluding carboxylic acids is 3. The van der Waals surface area contributed by atoms with Gasteiger partial charge in [-0.3, -0.25) is 9.59 Å². The third-order valence-corrected chi connectivity index (χ3v) is 6.52. The highest BCUT2D eigenvalue weighted by Crippen LogP contribution is 2.23. The lowest BCUT2D eigenvalue weighted by Gasteiger charge is -2.34. The van der Waals surface area contributed by atoms with Crippen molar-refractivity contribution in [1.82, 2.24) is 14.7 Å². The topological polar surface area (TPSA) is 82.2 Å². The summed E-state index contributed by atoms with van der Waals surface area (Å²) in [4.78, 5) is 44.5. The number of nitrogens with zero attached hydrogens (tertiary/aromatic N) is 3. The van der Waals surface area contributed by atoms with Crippen LogP contribution in [-0.2, 0) is 4.79 Å². The Morgan fingerprint density at radius 1 is 0.824 bits per heavy atom. The number of rotatable bonds is 4. The molecule has 2 aromatic rings. The maximum Gasteiger partial charge on any atom is 0.321 e. The monoisotopic (exact) mass is 464 g/mol. The van der Waals surface area contributed by atoms with Gasteiger partial charge >= 0.3 is 6.03 Å². The summed E-state index contributed by atoms with van der Waals surface area (Å²) in [5.74, 6) is 0.337. The number of amides is 4. The van der Waals surface area contributed by atoms with Gasteiger partial charge in [-0.1, -0.05) is 30.3 Å². The smallest absolute Gasteiger partial charge is 0.321 e. The van der Waals surface area contributed by atoms with Crippen LogP contribution in [0.25, 0.3) is 0 Å². The Balaban J connectivity index is 1.34. The summed E-state index contributed by atoms with van der Waals surface area (Å²) in [5, 5.41) is 2.91. The van der Waals surface area contributed by atoms with Crippen LogP contribution in [-0.4, -0.2) is 78.9 Å². The minimum Gasteiger partial charge on any atom is -0.496 e. The van der Waals surface area contributed by atoms with Crippen LogP contribution in [0.3, 0.4) is 0 Å². The minimum absolute atomic E-state index is 0.0730. The Morgan fingerprint density at radius 2 is 1.50 bits per heavy atom. The maximum absolute atomic E-state index is 13.3. The Kier molecular flexibility index (Phi) is 7.67. The SMILES string of the molecule is COc1ccccc1C(=O)N1CCCN(C(=O)[C@H]2CCCN(C(=O)Nc3ccccc3)C2)CC1. The average molecular weight is 465 g/mol. The molecule has 0 unspecified atom stereocenters. The third-order valence-electron chi connectivity index (χ3n) is 6.52. The number of hydrogen-bond donors (Lipinski definition) is 1. The van der Waals surface area contributed by atoms with Gasteiger partial charge in [0, 0.05) is 45.0 Å². The molecular weight excluding hydrogens is 432 g/mol. The largest absolute Gasteiger partial charge is 0.496 e. The van der Waals surface area contributed by atoms with E-state index in [1.807, 2.05) is 47.4 Å². The number of likely N-dealkylation sites (tertiary alicyclic amines) is 1. The molecule has 2 aromatic carbocycles. The Labute approximate surface area is 200 Å². The average Bonchev–Trinajstić information content (AvgIpc) is 3.15. The predicted octanol–water partition coefficient (Wildman–Crippen LogP) is 3.31. The summed E-state index contributed by atoms with van der Waals surface area (Å²) in [5.41, 5.74) is 1.28. The van der Waals surface area contributed by atoms with Crippen molar-refractivity contribution in [2.75, 3.05) is 51.7 Å². The number of hydrogen-bond acceptors (Lipinski definition) is 4. The molecule has 34 heavy (non-hydrogen) atoms.